The molecule has 1 N–H and O–H groups in total. The summed E-state index contributed by atoms with van der Waals surface area (Å²) in [7, 11) is 3.14. The van der Waals surface area contributed by atoms with Crippen LogP contribution in [0.4, 0.5) is 4.39 Å². The molecule has 2 aromatic carbocycles. The highest BCUT2D eigenvalue weighted by Gasteiger charge is 2.12. The molecular formula is C17H15FN4O2S. The van der Waals surface area contributed by atoms with Gasteiger partial charge in [0.15, 0.2) is 5.82 Å². The minimum atomic E-state index is -0.410. The van der Waals surface area contributed by atoms with Crippen LogP contribution in [0.3, 0.4) is 0 Å². The number of hydrogen-bond acceptors (Lipinski definition) is 5. The van der Waals surface area contributed by atoms with Crippen molar-refractivity contribution in [3.63, 3.8) is 0 Å². The first-order chi connectivity index (χ1) is 12.1. The summed E-state index contributed by atoms with van der Waals surface area (Å²) in [4.78, 5) is 0. The van der Waals surface area contributed by atoms with Gasteiger partial charge < -0.3 is 9.47 Å². The van der Waals surface area contributed by atoms with Gasteiger partial charge in [0.1, 0.15) is 17.3 Å². The van der Waals surface area contributed by atoms with Gasteiger partial charge in [-0.05, 0) is 42.5 Å². The SMILES string of the molecule is COc1ccc(OC)c(/C=N\n2c(-c3ccccc3F)n[nH]c2=S)c1. The molecule has 0 aliphatic rings. The number of nitrogens with zero attached hydrogens (tertiary/aromatic N) is 3. The van der Waals surface area contributed by atoms with Crippen LogP contribution in [0.5, 0.6) is 11.5 Å². The van der Waals surface area contributed by atoms with Crippen LogP contribution in [-0.4, -0.2) is 35.3 Å². The Bertz CT molecular complexity index is 981. The molecule has 0 aliphatic carbocycles. The number of aromatic amines is 1. The number of aromatic nitrogens is 3. The second-order valence-corrected chi connectivity index (χ2v) is 5.38. The van der Waals surface area contributed by atoms with Crippen molar-refractivity contribution in [2.45, 2.75) is 0 Å². The van der Waals surface area contributed by atoms with E-state index in [2.05, 4.69) is 15.3 Å². The maximum Gasteiger partial charge on any atom is 0.216 e. The lowest BCUT2D eigenvalue weighted by Gasteiger charge is -2.07. The molecule has 0 saturated carbocycles. The smallest absolute Gasteiger partial charge is 0.216 e. The quantitative estimate of drug-likeness (QED) is 0.559. The highest BCUT2D eigenvalue weighted by Crippen LogP contribution is 2.23. The van der Waals surface area contributed by atoms with E-state index < -0.39 is 5.82 Å². The Morgan fingerprint density at radius 2 is 2.00 bits per heavy atom. The minimum Gasteiger partial charge on any atom is -0.497 e. The van der Waals surface area contributed by atoms with E-state index in [0.717, 1.165) is 0 Å². The molecule has 1 heterocycles. The standard InChI is InChI=1S/C17H15FN4O2S/c1-23-12-7-8-15(24-2)11(9-12)10-19-22-16(20-21-17(22)25)13-5-3-4-6-14(13)18/h3-10H,1-2H3,(H,21,25)/b19-10-. The van der Waals surface area contributed by atoms with Gasteiger partial charge in [-0.3, -0.25) is 0 Å². The molecule has 0 aliphatic heterocycles. The average molecular weight is 358 g/mol. The third-order valence-corrected chi connectivity index (χ3v) is 3.78. The van der Waals surface area contributed by atoms with E-state index in [4.69, 9.17) is 21.7 Å². The molecule has 0 saturated heterocycles. The number of H-pyrrole nitrogens is 1. The summed E-state index contributed by atoms with van der Waals surface area (Å²) >= 11 is 5.19. The van der Waals surface area contributed by atoms with Crippen molar-refractivity contribution in [3.05, 3.63) is 58.6 Å². The highest BCUT2D eigenvalue weighted by atomic mass is 32.1. The van der Waals surface area contributed by atoms with Gasteiger partial charge in [-0.1, -0.05) is 12.1 Å². The van der Waals surface area contributed by atoms with Crippen molar-refractivity contribution in [1.29, 1.82) is 0 Å². The summed E-state index contributed by atoms with van der Waals surface area (Å²) in [5.41, 5.74) is 0.981. The summed E-state index contributed by atoms with van der Waals surface area (Å²) in [5, 5.41) is 11.0. The van der Waals surface area contributed by atoms with Crippen molar-refractivity contribution < 1.29 is 13.9 Å². The van der Waals surface area contributed by atoms with Gasteiger partial charge in [0.2, 0.25) is 4.77 Å². The molecule has 0 unspecified atom stereocenters. The van der Waals surface area contributed by atoms with Gasteiger partial charge in [0, 0.05) is 5.56 Å². The van der Waals surface area contributed by atoms with Crippen LogP contribution in [-0.2, 0) is 0 Å². The molecule has 25 heavy (non-hydrogen) atoms. The maximum absolute atomic E-state index is 14.1. The van der Waals surface area contributed by atoms with Crippen LogP contribution in [0.15, 0.2) is 47.6 Å². The van der Waals surface area contributed by atoms with Crippen LogP contribution in [0, 0.1) is 10.6 Å². The van der Waals surface area contributed by atoms with Crippen molar-refractivity contribution in [2.75, 3.05) is 14.2 Å². The molecule has 0 spiro atoms. The molecule has 0 radical (unpaired) electrons. The predicted molar refractivity (Wildman–Crippen MR) is 95.3 cm³/mol. The Hall–Kier alpha value is -3.00. The van der Waals surface area contributed by atoms with E-state index in [-0.39, 0.29) is 10.6 Å². The molecule has 6 nitrogen and oxygen atoms in total. The number of benzene rings is 2. The highest BCUT2D eigenvalue weighted by molar-refractivity contribution is 7.71. The monoisotopic (exact) mass is 358 g/mol. The molecule has 0 bridgehead atoms. The summed E-state index contributed by atoms with van der Waals surface area (Å²) in [6, 6.07) is 11.6. The Morgan fingerprint density at radius 1 is 1.20 bits per heavy atom. The predicted octanol–water partition coefficient (Wildman–Crippen LogP) is 3.65. The van der Waals surface area contributed by atoms with Crippen molar-refractivity contribution in [3.8, 4) is 22.9 Å². The summed E-state index contributed by atoms with van der Waals surface area (Å²) in [5.74, 6) is 1.15. The molecule has 3 rings (SSSR count). The first-order valence-electron chi connectivity index (χ1n) is 7.32. The zero-order valence-corrected chi connectivity index (χ0v) is 14.4. The Balaban J connectivity index is 2.05. The van der Waals surface area contributed by atoms with Crippen molar-refractivity contribution in [1.82, 2.24) is 14.9 Å². The second kappa shape index (κ2) is 7.27. The lowest BCUT2D eigenvalue weighted by molar-refractivity contribution is 0.402. The lowest BCUT2D eigenvalue weighted by Crippen LogP contribution is -1.98. The molecule has 0 atom stereocenters. The van der Waals surface area contributed by atoms with Gasteiger partial charge in [0.05, 0.1) is 26.0 Å². The van der Waals surface area contributed by atoms with Crippen molar-refractivity contribution in [2.24, 2.45) is 5.10 Å². The molecule has 0 amide bonds. The maximum atomic E-state index is 14.1. The fourth-order valence-electron chi connectivity index (χ4n) is 2.28. The Morgan fingerprint density at radius 3 is 2.72 bits per heavy atom. The Labute approximate surface area is 148 Å². The molecule has 8 heteroatoms. The average Bonchev–Trinajstić information content (AvgIpc) is 3.00. The molecule has 1 aromatic heterocycles. The number of methoxy groups -OCH3 is 2. The number of nitrogens with one attached hydrogen (secondary N) is 1. The fourth-order valence-corrected chi connectivity index (χ4v) is 2.46. The second-order valence-electron chi connectivity index (χ2n) is 5.00. The summed E-state index contributed by atoms with van der Waals surface area (Å²) in [6.07, 6.45) is 1.55. The van der Waals surface area contributed by atoms with Crippen LogP contribution < -0.4 is 9.47 Å². The number of hydrogen-bond donors (Lipinski definition) is 1. The van der Waals surface area contributed by atoms with E-state index >= 15 is 0 Å². The third kappa shape index (κ3) is 3.43. The molecule has 0 fully saturated rings. The minimum absolute atomic E-state index is 0.247. The molecule has 3 aromatic rings. The molecule has 128 valence electrons. The van der Waals surface area contributed by atoms with E-state index in [1.54, 1.807) is 56.8 Å². The first kappa shape index (κ1) is 16.8. The van der Waals surface area contributed by atoms with Crippen LogP contribution in [0.1, 0.15) is 5.56 Å². The molecular weight excluding hydrogens is 343 g/mol. The van der Waals surface area contributed by atoms with Crippen molar-refractivity contribution >= 4 is 18.4 Å². The number of ether oxygens (including phenoxy) is 2. The largest absolute Gasteiger partial charge is 0.497 e. The van der Waals surface area contributed by atoms with Gasteiger partial charge >= 0.3 is 0 Å². The normalized spacial score (nSPS) is 11.0. The van der Waals surface area contributed by atoms with E-state index in [9.17, 15) is 4.39 Å². The summed E-state index contributed by atoms with van der Waals surface area (Å²) < 4.78 is 26.2. The third-order valence-electron chi connectivity index (χ3n) is 3.51. The zero-order chi connectivity index (χ0) is 17.8. The number of rotatable bonds is 5. The van der Waals surface area contributed by atoms with Gasteiger partial charge in [-0.2, -0.15) is 14.9 Å². The van der Waals surface area contributed by atoms with Gasteiger partial charge in [-0.15, -0.1) is 0 Å². The van der Waals surface area contributed by atoms with Crippen LogP contribution in [0.25, 0.3) is 11.4 Å². The summed E-state index contributed by atoms with van der Waals surface area (Å²) in [6.45, 7) is 0. The number of halogens is 1. The first-order valence-corrected chi connectivity index (χ1v) is 7.73. The van der Waals surface area contributed by atoms with Gasteiger partial charge in [-0.25, -0.2) is 9.49 Å². The van der Waals surface area contributed by atoms with Crippen LogP contribution in [0.2, 0.25) is 0 Å². The van der Waals surface area contributed by atoms with Crippen LogP contribution >= 0.6 is 12.2 Å². The fraction of sp³-hybridized carbons (Fsp3) is 0.118. The van der Waals surface area contributed by atoms with E-state index in [0.29, 0.717) is 22.6 Å². The van der Waals surface area contributed by atoms with E-state index in [1.807, 2.05) is 0 Å². The van der Waals surface area contributed by atoms with Gasteiger partial charge in [0.25, 0.3) is 0 Å². The zero-order valence-electron chi connectivity index (χ0n) is 13.6. The topological polar surface area (TPSA) is 64.4 Å². The van der Waals surface area contributed by atoms with E-state index in [1.165, 1.54) is 10.7 Å². The lowest BCUT2D eigenvalue weighted by atomic mass is 10.2. The Kier molecular flexibility index (Phi) is 4.90.